The molecule has 0 saturated carbocycles. The van der Waals surface area contributed by atoms with Crippen molar-refractivity contribution < 1.29 is 38.1 Å². The number of carboxylic acid groups (broad SMARTS) is 1. The summed E-state index contributed by atoms with van der Waals surface area (Å²) in [5, 5.41) is 14.8. The minimum absolute atomic E-state index is 0.0126. The molecule has 0 aliphatic carbocycles. The van der Waals surface area contributed by atoms with Crippen molar-refractivity contribution in [1.29, 1.82) is 0 Å². The second kappa shape index (κ2) is 11.2. The molecular weight excluding hydrogens is 499 g/mol. The monoisotopic (exact) mass is 528 g/mol. The fraction of sp³-hybridized carbons (Fsp3) is 0.385. The Hall–Kier alpha value is -4.03. The van der Waals surface area contributed by atoms with Gasteiger partial charge in [0.25, 0.3) is 11.8 Å². The maximum Gasteiger partial charge on any atom is 0.328 e. The van der Waals surface area contributed by atoms with Gasteiger partial charge in [0.1, 0.15) is 5.82 Å². The van der Waals surface area contributed by atoms with Gasteiger partial charge in [-0.2, -0.15) is 0 Å². The number of aliphatic carboxylic acids is 1. The van der Waals surface area contributed by atoms with E-state index >= 15 is 0 Å². The number of methoxy groups -OCH3 is 1. The number of morpholine rings is 1. The number of nitrogens with one attached hydrogen (secondary N) is 3. The van der Waals surface area contributed by atoms with Crippen molar-refractivity contribution >= 4 is 41.0 Å². The van der Waals surface area contributed by atoms with Crippen LogP contribution in [-0.4, -0.2) is 84.2 Å². The number of H-pyrrole nitrogens is 1. The molecule has 1 fully saturated rings. The van der Waals surface area contributed by atoms with Gasteiger partial charge < -0.3 is 35.1 Å². The van der Waals surface area contributed by atoms with Crippen LogP contribution in [0.3, 0.4) is 0 Å². The minimum Gasteiger partial charge on any atom is -0.480 e. The van der Waals surface area contributed by atoms with E-state index in [-0.39, 0.29) is 44.2 Å². The molecular formula is C26H29FN4O7. The number of carbonyl (C=O) groups excluding carboxylic acids is 3. The molecule has 12 heteroatoms. The smallest absolute Gasteiger partial charge is 0.328 e. The standard InChI is InChI=1S/C26H29FN4O7/c1-13-20(10-18-17-8-15(27)4-5-19(17)30-24(18)33)29-14(2)23(13)25(34)28-11-16(37-3)9-22(32)31-6-7-38-12-21(31)26(35)36/h4-5,8,10,16,21,29H,6-7,9,11-12H2,1-3H3,(H,28,34)(H,30,33)(H,35,36)/b18-10-. The molecule has 38 heavy (non-hydrogen) atoms. The number of hydrogen-bond donors (Lipinski definition) is 4. The number of aromatic nitrogens is 1. The third-order valence-corrected chi connectivity index (χ3v) is 6.72. The average molecular weight is 529 g/mol. The zero-order valence-electron chi connectivity index (χ0n) is 21.2. The number of halogens is 1. The van der Waals surface area contributed by atoms with E-state index < -0.39 is 35.7 Å². The third-order valence-electron chi connectivity index (χ3n) is 6.72. The van der Waals surface area contributed by atoms with Crippen molar-refractivity contribution in [2.45, 2.75) is 32.4 Å². The summed E-state index contributed by atoms with van der Waals surface area (Å²) in [6.07, 6.45) is 0.782. The number of carbonyl (C=O) groups is 4. The van der Waals surface area contributed by atoms with Gasteiger partial charge in [0.2, 0.25) is 5.91 Å². The van der Waals surface area contributed by atoms with Crippen molar-refractivity contribution in [2.75, 3.05) is 38.7 Å². The minimum atomic E-state index is -1.15. The van der Waals surface area contributed by atoms with Crippen molar-refractivity contribution in [3.05, 3.63) is 52.1 Å². The lowest BCUT2D eigenvalue weighted by molar-refractivity contribution is -0.159. The van der Waals surface area contributed by atoms with Gasteiger partial charge in [-0.3, -0.25) is 14.4 Å². The molecule has 2 unspecified atom stereocenters. The summed E-state index contributed by atoms with van der Waals surface area (Å²) in [7, 11) is 1.41. The van der Waals surface area contributed by atoms with Crippen molar-refractivity contribution in [2.24, 2.45) is 0 Å². The molecule has 4 rings (SSSR count). The molecule has 0 spiro atoms. The molecule has 3 amide bonds. The highest BCUT2D eigenvalue weighted by molar-refractivity contribution is 6.34. The Bertz CT molecular complexity index is 1320. The van der Waals surface area contributed by atoms with Gasteiger partial charge in [0, 0.05) is 42.8 Å². The Labute approximate surface area is 218 Å². The Morgan fingerprint density at radius 3 is 2.82 bits per heavy atom. The highest BCUT2D eigenvalue weighted by atomic mass is 19.1. The number of anilines is 1. The van der Waals surface area contributed by atoms with Gasteiger partial charge in [-0.1, -0.05) is 0 Å². The summed E-state index contributed by atoms with van der Waals surface area (Å²) in [5.74, 6) is -2.80. The number of benzene rings is 1. The average Bonchev–Trinajstić information content (AvgIpc) is 3.35. The maximum absolute atomic E-state index is 13.8. The van der Waals surface area contributed by atoms with Crippen LogP contribution in [0.5, 0.6) is 0 Å². The Balaban J connectivity index is 1.45. The normalized spacial score (nSPS) is 18.7. The van der Waals surface area contributed by atoms with E-state index in [0.29, 0.717) is 33.8 Å². The summed E-state index contributed by atoms with van der Waals surface area (Å²) in [5.41, 5.74) is 3.27. The summed E-state index contributed by atoms with van der Waals surface area (Å²) in [4.78, 5) is 54.1. The molecule has 1 aromatic heterocycles. The SMILES string of the molecule is COC(CNC(=O)c1c(C)[nH]c(/C=C2\C(=O)Nc3ccc(F)cc32)c1C)CC(=O)N1CCOCC1C(=O)O. The van der Waals surface area contributed by atoms with Crippen molar-refractivity contribution in [3.63, 3.8) is 0 Å². The molecule has 11 nitrogen and oxygen atoms in total. The van der Waals surface area contributed by atoms with E-state index in [2.05, 4.69) is 15.6 Å². The second-order valence-electron chi connectivity index (χ2n) is 9.15. The largest absolute Gasteiger partial charge is 0.480 e. The Morgan fingerprint density at radius 1 is 1.34 bits per heavy atom. The first-order chi connectivity index (χ1) is 18.1. The lowest BCUT2D eigenvalue weighted by atomic mass is 10.0. The van der Waals surface area contributed by atoms with Crippen LogP contribution < -0.4 is 10.6 Å². The molecule has 2 aliphatic heterocycles. The number of carboxylic acids is 1. The molecule has 1 aromatic carbocycles. The molecule has 2 aliphatic rings. The van der Waals surface area contributed by atoms with E-state index in [1.165, 1.54) is 30.2 Å². The maximum atomic E-state index is 13.8. The predicted octanol–water partition coefficient (Wildman–Crippen LogP) is 1.71. The van der Waals surface area contributed by atoms with E-state index in [0.717, 1.165) is 0 Å². The highest BCUT2D eigenvalue weighted by Crippen LogP contribution is 2.34. The zero-order chi connectivity index (χ0) is 27.6. The Kier molecular flexibility index (Phi) is 7.93. The van der Waals surface area contributed by atoms with Gasteiger partial charge in [-0.15, -0.1) is 0 Å². The van der Waals surface area contributed by atoms with E-state index in [4.69, 9.17) is 9.47 Å². The van der Waals surface area contributed by atoms with E-state index in [1.807, 2.05) is 0 Å². The van der Waals surface area contributed by atoms with Gasteiger partial charge >= 0.3 is 5.97 Å². The number of aromatic amines is 1. The molecule has 2 atom stereocenters. The van der Waals surface area contributed by atoms with Crippen LogP contribution >= 0.6 is 0 Å². The van der Waals surface area contributed by atoms with Crippen molar-refractivity contribution in [1.82, 2.24) is 15.2 Å². The third kappa shape index (κ3) is 5.46. The summed E-state index contributed by atoms with van der Waals surface area (Å²) in [6.45, 7) is 3.78. The van der Waals surface area contributed by atoms with Crippen LogP contribution in [0.1, 0.15) is 39.3 Å². The first kappa shape index (κ1) is 27.0. The lowest BCUT2D eigenvalue weighted by Crippen LogP contribution is -2.53. The fourth-order valence-electron chi connectivity index (χ4n) is 4.66. The fourth-order valence-corrected chi connectivity index (χ4v) is 4.66. The molecule has 4 N–H and O–H groups in total. The molecule has 0 radical (unpaired) electrons. The highest BCUT2D eigenvalue weighted by Gasteiger charge is 2.34. The van der Waals surface area contributed by atoms with E-state index in [1.54, 1.807) is 19.9 Å². The number of nitrogens with zero attached hydrogens (tertiary/aromatic N) is 1. The summed E-state index contributed by atoms with van der Waals surface area (Å²) in [6, 6.07) is 2.97. The quantitative estimate of drug-likeness (QED) is 0.381. The molecule has 0 bridgehead atoms. The number of fused-ring (bicyclic) bond motifs is 1. The summed E-state index contributed by atoms with van der Waals surface area (Å²) < 4.78 is 24.3. The van der Waals surface area contributed by atoms with Crippen LogP contribution in [-0.2, 0) is 23.9 Å². The van der Waals surface area contributed by atoms with Gasteiger partial charge in [0.05, 0.1) is 36.9 Å². The van der Waals surface area contributed by atoms with Gasteiger partial charge in [-0.05, 0) is 43.7 Å². The number of ether oxygens (including phenoxy) is 2. The predicted molar refractivity (Wildman–Crippen MR) is 135 cm³/mol. The molecule has 2 aromatic rings. The van der Waals surface area contributed by atoms with Gasteiger partial charge in [0.15, 0.2) is 6.04 Å². The van der Waals surface area contributed by atoms with Crippen LogP contribution in [0.4, 0.5) is 10.1 Å². The first-order valence-corrected chi connectivity index (χ1v) is 12.0. The van der Waals surface area contributed by atoms with Crippen LogP contribution in [0.2, 0.25) is 0 Å². The van der Waals surface area contributed by atoms with E-state index in [9.17, 15) is 28.7 Å². The number of amides is 3. The van der Waals surface area contributed by atoms with Crippen molar-refractivity contribution in [3.8, 4) is 0 Å². The lowest BCUT2D eigenvalue weighted by Gasteiger charge is -2.33. The second-order valence-corrected chi connectivity index (χ2v) is 9.15. The van der Waals surface area contributed by atoms with Crippen LogP contribution in [0.15, 0.2) is 18.2 Å². The Morgan fingerprint density at radius 2 is 2.11 bits per heavy atom. The number of hydrogen-bond acceptors (Lipinski definition) is 6. The molecule has 202 valence electrons. The van der Waals surface area contributed by atoms with Gasteiger partial charge in [-0.25, -0.2) is 9.18 Å². The first-order valence-electron chi connectivity index (χ1n) is 12.0. The summed E-state index contributed by atoms with van der Waals surface area (Å²) >= 11 is 0. The topological polar surface area (TPSA) is 150 Å². The molecule has 3 heterocycles. The molecule has 1 saturated heterocycles. The van der Waals surface area contributed by atoms with Crippen LogP contribution in [0.25, 0.3) is 11.6 Å². The van der Waals surface area contributed by atoms with Crippen LogP contribution in [0, 0.1) is 19.7 Å². The zero-order valence-corrected chi connectivity index (χ0v) is 21.2. The number of aryl methyl sites for hydroxylation is 1. The number of rotatable bonds is 8.